The molecule has 0 heterocycles. The number of hydrogen-bond acceptors (Lipinski definition) is 4. The van der Waals surface area contributed by atoms with Crippen molar-refractivity contribution in [3.63, 3.8) is 0 Å². The van der Waals surface area contributed by atoms with Crippen LogP contribution in [0.4, 0.5) is 0 Å². The second-order valence-corrected chi connectivity index (χ2v) is 7.61. The molecule has 0 spiro atoms. The fraction of sp³-hybridized carbons (Fsp3) is 0.154. The van der Waals surface area contributed by atoms with Gasteiger partial charge in [0, 0.05) is 5.39 Å². The third kappa shape index (κ3) is 5.17. The van der Waals surface area contributed by atoms with Gasteiger partial charge in [0.1, 0.15) is 36.9 Å². The molecule has 0 aliphatic heterocycles. The highest BCUT2D eigenvalue weighted by Crippen LogP contribution is 2.35. The van der Waals surface area contributed by atoms with Gasteiger partial charge in [0.15, 0.2) is 0 Å². The van der Waals surface area contributed by atoms with Crippen molar-refractivity contribution in [2.45, 2.75) is 12.2 Å². The lowest BCUT2D eigenvalue weighted by atomic mass is 10.1. The summed E-state index contributed by atoms with van der Waals surface area (Å²) in [6, 6.07) is 28.0. The second-order valence-electron chi connectivity index (χ2n) is 7.24. The molecule has 31 heavy (non-hydrogen) atoms. The van der Waals surface area contributed by atoms with Crippen molar-refractivity contribution in [1.82, 2.24) is 0 Å². The minimum atomic E-state index is -0.736. The van der Waals surface area contributed by atoms with Crippen LogP contribution in [0.25, 0.3) is 10.8 Å². The van der Waals surface area contributed by atoms with E-state index in [0.717, 1.165) is 21.9 Å². The normalized spacial score (nSPS) is 13.0. The first kappa shape index (κ1) is 21.2. The Balaban J connectivity index is 1.42. The second kappa shape index (κ2) is 9.84. The Bertz CT molecular complexity index is 1130. The SMILES string of the molecule is OC(COc1ccc2c(Cl)c(OCC(O)c3ccccc3)ccc2c1)c1ccccc1. The van der Waals surface area contributed by atoms with Crippen molar-refractivity contribution in [1.29, 1.82) is 0 Å². The maximum absolute atomic E-state index is 10.3. The molecule has 4 aromatic rings. The Labute approximate surface area is 186 Å². The van der Waals surface area contributed by atoms with E-state index < -0.39 is 12.2 Å². The molecular weight excluding hydrogens is 412 g/mol. The van der Waals surface area contributed by atoms with Crippen molar-refractivity contribution in [3.05, 3.63) is 107 Å². The number of hydrogen-bond donors (Lipinski definition) is 2. The largest absolute Gasteiger partial charge is 0.491 e. The number of rotatable bonds is 8. The van der Waals surface area contributed by atoms with E-state index >= 15 is 0 Å². The molecule has 0 aliphatic rings. The number of ether oxygens (including phenoxy) is 2. The summed E-state index contributed by atoms with van der Waals surface area (Å²) in [6.45, 7) is 0.260. The lowest BCUT2D eigenvalue weighted by Gasteiger charge is -2.15. The molecule has 0 amide bonds. The van der Waals surface area contributed by atoms with Crippen LogP contribution in [0.15, 0.2) is 91.0 Å². The van der Waals surface area contributed by atoms with Gasteiger partial charge >= 0.3 is 0 Å². The third-order valence-corrected chi connectivity index (χ3v) is 5.45. The molecule has 2 N–H and O–H groups in total. The van der Waals surface area contributed by atoms with Crippen LogP contribution in [0.5, 0.6) is 11.5 Å². The van der Waals surface area contributed by atoms with E-state index in [1.807, 2.05) is 84.9 Å². The van der Waals surface area contributed by atoms with E-state index in [1.54, 1.807) is 6.07 Å². The van der Waals surface area contributed by atoms with Crippen LogP contribution in [-0.4, -0.2) is 23.4 Å². The quantitative estimate of drug-likeness (QED) is 0.372. The molecule has 4 nitrogen and oxygen atoms in total. The molecule has 2 atom stereocenters. The predicted octanol–water partition coefficient (Wildman–Crippen LogP) is 5.72. The Morgan fingerprint density at radius 3 is 1.87 bits per heavy atom. The molecule has 0 saturated carbocycles. The Morgan fingerprint density at radius 1 is 0.677 bits per heavy atom. The summed E-state index contributed by atoms with van der Waals surface area (Å²) in [6.07, 6.45) is -1.44. The Kier molecular flexibility index (Phi) is 6.73. The summed E-state index contributed by atoms with van der Waals surface area (Å²) in [4.78, 5) is 0. The van der Waals surface area contributed by atoms with Crippen molar-refractivity contribution in [3.8, 4) is 11.5 Å². The van der Waals surface area contributed by atoms with E-state index in [1.165, 1.54) is 0 Å². The maximum atomic E-state index is 10.3. The predicted molar refractivity (Wildman–Crippen MR) is 123 cm³/mol. The Morgan fingerprint density at radius 2 is 1.26 bits per heavy atom. The van der Waals surface area contributed by atoms with Gasteiger partial charge in [-0.2, -0.15) is 0 Å². The first-order chi connectivity index (χ1) is 15.1. The molecule has 158 valence electrons. The van der Waals surface area contributed by atoms with Gasteiger partial charge in [0.2, 0.25) is 0 Å². The highest BCUT2D eigenvalue weighted by Gasteiger charge is 2.13. The molecule has 2 unspecified atom stereocenters. The fourth-order valence-electron chi connectivity index (χ4n) is 3.34. The molecule has 4 aromatic carbocycles. The van der Waals surface area contributed by atoms with E-state index in [2.05, 4.69) is 0 Å². The van der Waals surface area contributed by atoms with Gasteiger partial charge in [0.25, 0.3) is 0 Å². The molecule has 0 bridgehead atoms. The Hall–Kier alpha value is -3.05. The van der Waals surface area contributed by atoms with E-state index in [4.69, 9.17) is 21.1 Å². The van der Waals surface area contributed by atoms with Gasteiger partial charge < -0.3 is 19.7 Å². The molecule has 0 saturated heterocycles. The first-order valence-electron chi connectivity index (χ1n) is 10.1. The van der Waals surface area contributed by atoms with Gasteiger partial charge in [-0.3, -0.25) is 0 Å². The fourth-order valence-corrected chi connectivity index (χ4v) is 3.63. The molecule has 5 heteroatoms. The van der Waals surface area contributed by atoms with E-state index in [9.17, 15) is 10.2 Å². The summed E-state index contributed by atoms with van der Waals surface area (Å²) < 4.78 is 11.5. The number of aliphatic hydroxyl groups excluding tert-OH is 2. The zero-order valence-electron chi connectivity index (χ0n) is 16.8. The lowest BCUT2D eigenvalue weighted by Crippen LogP contribution is -2.10. The summed E-state index contributed by atoms with van der Waals surface area (Å²) >= 11 is 6.54. The summed E-state index contributed by atoms with van der Waals surface area (Å²) in [5, 5.41) is 22.8. The monoisotopic (exact) mass is 434 g/mol. The van der Waals surface area contributed by atoms with Crippen molar-refractivity contribution in [2.75, 3.05) is 13.2 Å². The van der Waals surface area contributed by atoms with E-state index in [-0.39, 0.29) is 13.2 Å². The van der Waals surface area contributed by atoms with Crippen LogP contribution >= 0.6 is 11.6 Å². The van der Waals surface area contributed by atoms with Gasteiger partial charge in [0.05, 0.1) is 5.02 Å². The molecule has 0 aromatic heterocycles. The van der Waals surface area contributed by atoms with Gasteiger partial charge in [-0.1, -0.05) is 78.3 Å². The molecular formula is C26H23ClO4. The van der Waals surface area contributed by atoms with Crippen LogP contribution in [0.2, 0.25) is 5.02 Å². The number of benzene rings is 4. The van der Waals surface area contributed by atoms with Gasteiger partial charge in [-0.15, -0.1) is 0 Å². The number of aliphatic hydroxyl groups is 2. The summed E-state index contributed by atoms with van der Waals surface area (Å²) in [5.74, 6) is 1.16. The van der Waals surface area contributed by atoms with Gasteiger partial charge in [-0.25, -0.2) is 0 Å². The van der Waals surface area contributed by atoms with Crippen molar-refractivity contribution >= 4 is 22.4 Å². The van der Waals surface area contributed by atoms with Crippen LogP contribution in [0.1, 0.15) is 23.3 Å². The van der Waals surface area contributed by atoms with Crippen LogP contribution < -0.4 is 9.47 Å². The zero-order valence-corrected chi connectivity index (χ0v) is 17.6. The highest BCUT2D eigenvalue weighted by molar-refractivity contribution is 6.37. The molecule has 0 fully saturated rings. The molecule has 0 radical (unpaired) electrons. The van der Waals surface area contributed by atoms with Crippen LogP contribution in [0, 0.1) is 0 Å². The first-order valence-corrected chi connectivity index (χ1v) is 10.4. The minimum absolute atomic E-state index is 0.105. The van der Waals surface area contributed by atoms with Gasteiger partial charge in [-0.05, 0) is 40.8 Å². The van der Waals surface area contributed by atoms with Crippen molar-refractivity contribution < 1.29 is 19.7 Å². The molecule has 0 aliphatic carbocycles. The van der Waals surface area contributed by atoms with Crippen LogP contribution in [-0.2, 0) is 0 Å². The average molecular weight is 435 g/mol. The topological polar surface area (TPSA) is 58.9 Å². The zero-order chi connectivity index (χ0) is 21.6. The highest BCUT2D eigenvalue weighted by atomic mass is 35.5. The summed E-state index contributed by atoms with van der Waals surface area (Å²) in [5.41, 5.74) is 1.60. The van der Waals surface area contributed by atoms with E-state index in [0.29, 0.717) is 16.5 Å². The number of fused-ring (bicyclic) bond motifs is 1. The van der Waals surface area contributed by atoms with Crippen LogP contribution in [0.3, 0.4) is 0 Å². The average Bonchev–Trinajstić information content (AvgIpc) is 2.83. The standard InChI is InChI=1S/C26H23ClO4/c27-26-22-13-12-21(30-16-23(28)18-7-3-1-4-8-18)15-20(22)11-14-25(26)31-17-24(29)19-9-5-2-6-10-19/h1-15,23-24,28-29H,16-17H2. The summed E-state index contributed by atoms with van der Waals surface area (Å²) in [7, 11) is 0. The lowest BCUT2D eigenvalue weighted by molar-refractivity contribution is 0.108. The van der Waals surface area contributed by atoms with Crippen molar-refractivity contribution in [2.24, 2.45) is 0 Å². The minimum Gasteiger partial charge on any atom is -0.491 e. The smallest absolute Gasteiger partial charge is 0.138 e. The molecule has 4 rings (SSSR count). The third-order valence-electron chi connectivity index (χ3n) is 5.06. The number of halogens is 1. The maximum Gasteiger partial charge on any atom is 0.138 e.